The van der Waals surface area contributed by atoms with Gasteiger partial charge in [0.1, 0.15) is 5.78 Å². The van der Waals surface area contributed by atoms with Crippen molar-refractivity contribution in [2.75, 3.05) is 6.61 Å². The van der Waals surface area contributed by atoms with Gasteiger partial charge < -0.3 is 5.11 Å². The highest BCUT2D eigenvalue weighted by Gasteiger charge is 2.24. The average Bonchev–Trinajstić information content (AvgIpc) is 2.80. The van der Waals surface area contributed by atoms with Crippen LogP contribution in [0.15, 0.2) is 103 Å². The van der Waals surface area contributed by atoms with Gasteiger partial charge in [-0.2, -0.15) is 0 Å². The fourth-order valence-electron chi connectivity index (χ4n) is 4.03. The Kier molecular flexibility index (Phi) is 5.87. The fraction of sp³-hybridized carbons (Fsp3) is 0.107. The van der Waals surface area contributed by atoms with Crippen LogP contribution in [0.5, 0.6) is 0 Å². The number of aliphatic hydroxyl groups excluding tert-OH is 1. The zero-order valence-electron chi connectivity index (χ0n) is 17.0. The van der Waals surface area contributed by atoms with Gasteiger partial charge in [-0.05, 0) is 45.9 Å². The van der Waals surface area contributed by atoms with Crippen molar-refractivity contribution < 1.29 is 9.90 Å². The number of aliphatic hydroxyl groups is 1. The molecule has 0 aromatic heterocycles. The molecule has 0 heterocycles. The molecular formula is C28H24O2. The SMILES string of the molecule is CC(=O)C(CO)c1ccc(-c2ccccc2)c(-c2ccccc2)c1-c1ccccc1. The molecule has 4 aromatic carbocycles. The molecule has 0 aliphatic carbocycles. The lowest BCUT2D eigenvalue weighted by Crippen LogP contribution is -2.15. The lowest BCUT2D eigenvalue weighted by Gasteiger charge is -2.23. The second-order valence-corrected chi connectivity index (χ2v) is 7.40. The van der Waals surface area contributed by atoms with Crippen LogP contribution in [-0.2, 0) is 4.79 Å². The van der Waals surface area contributed by atoms with Crippen molar-refractivity contribution >= 4 is 5.78 Å². The molecule has 2 nitrogen and oxygen atoms in total. The molecule has 0 fully saturated rings. The first-order valence-corrected chi connectivity index (χ1v) is 10.1. The molecule has 1 N–H and O–H groups in total. The number of benzene rings is 4. The second kappa shape index (κ2) is 8.89. The summed E-state index contributed by atoms with van der Waals surface area (Å²) in [5.41, 5.74) is 7.26. The summed E-state index contributed by atoms with van der Waals surface area (Å²) in [7, 11) is 0. The average molecular weight is 392 g/mol. The van der Waals surface area contributed by atoms with Crippen LogP contribution in [0.2, 0.25) is 0 Å². The van der Waals surface area contributed by atoms with Gasteiger partial charge in [0.05, 0.1) is 12.5 Å². The van der Waals surface area contributed by atoms with Crippen molar-refractivity contribution in [2.24, 2.45) is 0 Å². The lowest BCUT2D eigenvalue weighted by atomic mass is 9.80. The van der Waals surface area contributed by atoms with Crippen LogP contribution in [0.1, 0.15) is 18.4 Å². The molecule has 0 spiro atoms. The summed E-state index contributed by atoms with van der Waals surface area (Å²) in [5.74, 6) is -0.603. The van der Waals surface area contributed by atoms with Gasteiger partial charge in [-0.1, -0.05) is 103 Å². The molecule has 30 heavy (non-hydrogen) atoms. The van der Waals surface area contributed by atoms with Crippen molar-refractivity contribution in [3.8, 4) is 33.4 Å². The van der Waals surface area contributed by atoms with Gasteiger partial charge in [-0.15, -0.1) is 0 Å². The highest BCUT2D eigenvalue weighted by Crippen LogP contribution is 2.44. The Hall–Kier alpha value is -3.49. The van der Waals surface area contributed by atoms with E-state index in [4.69, 9.17) is 0 Å². The van der Waals surface area contributed by atoms with E-state index in [0.717, 1.165) is 38.9 Å². The van der Waals surface area contributed by atoms with Crippen molar-refractivity contribution in [3.63, 3.8) is 0 Å². The zero-order valence-corrected chi connectivity index (χ0v) is 17.0. The third-order valence-electron chi connectivity index (χ3n) is 5.50. The first-order valence-electron chi connectivity index (χ1n) is 10.1. The summed E-state index contributed by atoms with van der Waals surface area (Å²) in [6.07, 6.45) is 0. The van der Waals surface area contributed by atoms with Crippen LogP contribution in [0.3, 0.4) is 0 Å². The minimum Gasteiger partial charge on any atom is -0.395 e. The number of hydrogen-bond donors (Lipinski definition) is 1. The Balaban J connectivity index is 2.13. The predicted octanol–water partition coefficient (Wildman–Crippen LogP) is 6.35. The van der Waals surface area contributed by atoms with Crippen molar-refractivity contribution in [3.05, 3.63) is 109 Å². The molecule has 0 saturated carbocycles. The molecule has 1 unspecified atom stereocenters. The monoisotopic (exact) mass is 392 g/mol. The summed E-state index contributed by atoms with van der Waals surface area (Å²) in [4.78, 5) is 12.4. The van der Waals surface area contributed by atoms with Gasteiger partial charge in [0, 0.05) is 0 Å². The van der Waals surface area contributed by atoms with E-state index in [2.05, 4.69) is 42.5 Å². The van der Waals surface area contributed by atoms with E-state index < -0.39 is 5.92 Å². The highest BCUT2D eigenvalue weighted by atomic mass is 16.3. The molecule has 0 saturated heterocycles. The van der Waals surface area contributed by atoms with E-state index in [-0.39, 0.29) is 12.4 Å². The van der Waals surface area contributed by atoms with Gasteiger partial charge in [-0.25, -0.2) is 0 Å². The van der Waals surface area contributed by atoms with Crippen LogP contribution in [0, 0.1) is 0 Å². The Bertz CT molecular complexity index is 1130. The number of Topliss-reactive ketones (excluding diaryl/α,β-unsaturated/α-hetero) is 1. The number of hydrogen-bond acceptors (Lipinski definition) is 2. The molecule has 4 aromatic rings. The maximum Gasteiger partial charge on any atom is 0.139 e. The predicted molar refractivity (Wildman–Crippen MR) is 123 cm³/mol. The molecule has 2 heteroatoms. The van der Waals surface area contributed by atoms with Crippen LogP contribution >= 0.6 is 0 Å². The molecule has 0 aliphatic heterocycles. The van der Waals surface area contributed by atoms with Gasteiger partial charge in [-0.3, -0.25) is 4.79 Å². The summed E-state index contributed by atoms with van der Waals surface area (Å²) in [6.45, 7) is 1.33. The van der Waals surface area contributed by atoms with Gasteiger partial charge in [0.2, 0.25) is 0 Å². The number of carbonyl (C=O) groups is 1. The van der Waals surface area contributed by atoms with Gasteiger partial charge >= 0.3 is 0 Å². The lowest BCUT2D eigenvalue weighted by molar-refractivity contribution is -0.119. The maximum absolute atomic E-state index is 12.4. The molecule has 148 valence electrons. The molecule has 1 atom stereocenters. The minimum atomic E-state index is -0.563. The second-order valence-electron chi connectivity index (χ2n) is 7.40. The quantitative estimate of drug-likeness (QED) is 0.415. The summed E-state index contributed by atoms with van der Waals surface area (Å²) >= 11 is 0. The molecule has 0 amide bonds. The van der Waals surface area contributed by atoms with Crippen LogP contribution in [0.25, 0.3) is 33.4 Å². The molecular weight excluding hydrogens is 368 g/mol. The van der Waals surface area contributed by atoms with Crippen molar-refractivity contribution in [1.82, 2.24) is 0 Å². The smallest absolute Gasteiger partial charge is 0.139 e. The topological polar surface area (TPSA) is 37.3 Å². The first kappa shape index (κ1) is 19.8. The minimum absolute atomic E-state index is 0.0406. The Morgan fingerprint density at radius 3 is 1.60 bits per heavy atom. The van der Waals surface area contributed by atoms with E-state index in [1.54, 1.807) is 6.92 Å². The number of rotatable bonds is 6. The Morgan fingerprint density at radius 2 is 1.13 bits per heavy atom. The van der Waals surface area contributed by atoms with Gasteiger partial charge in [0.15, 0.2) is 0 Å². The summed E-state index contributed by atoms with van der Waals surface area (Å²) in [5, 5.41) is 10.0. The summed E-state index contributed by atoms with van der Waals surface area (Å²) < 4.78 is 0. The van der Waals surface area contributed by atoms with E-state index >= 15 is 0 Å². The standard InChI is InChI=1S/C28H24O2/c1-20(30)26(19-29)25-18-17-24(21-11-5-2-6-12-21)27(22-13-7-3-8-14-22)28(25)23-15-9-4-10-16-23/h2-18,26,29H,19H2,1H3. The molecule has 0 aliphatic rings. The largest absolute Gasteiger partial charge is 0.395 e. The van der Waals surface area contributed by atoms with E-state index in [0.29, 0.717) is 0 Å². The van der Waals surface area contributed by atoms with Gasteiger partial charge in [0.25, 0.3) is 0 Å². The molecule has 0 radical (unpaired) electrons. The van der Waals surface area contributed by atoms with Crippen LogP contribution in [-0.4, -0.2) is 17.5 Å². The van der Waals surface area contributed by atoms with Crippen molar-refractivity contribution in [2.45, 2.75) is 12.8 Å². The van der Waals surface area contributed by atoms with Crippen LogP contribution < -0.4 is 0 Å². The Labute approximate surface area is 177 Å². The molecule has 4 rings (SSSR count). The zero-order chi connectivity index (χ0) is 20.9. The van der Waals surface area contributed by atoms with E-state index in [1.165, 1.54) is 0 Å². The highest BCUT2D eigenvalue weighted by molar-refractivity contribution is 5.98. The third kappa shape index (κ3) is 3.83. The van der Waals surface area contributed by atoms with Crippen LogP contribution in [0.4, 0.5) is 0 Å². The summed E-state index contributed by atoms with van der Waals surface area (Å²) in [6, 6.07) is 34.7. The fourth-order valence-corrected chi connectivity index (χ4v) is 4.03. The number of ketones is 1. The molecule has 0 bridgehead atoms. The van der Waals surface area contributed by atoms with E-state index in [1.807, 2.05) is 60.7 Å². The Morgan fingerprint density at radius 1 is 0.667 bits per heavy atom. The normalized spacial score (nSPS) is 11.8. The number of carbonyl (C=O) groups excluding carboxylic acids is 1. The third-order valence-corrected chi connectivity index (χ3v) is 5.50. The maximum atomic E-state index is 12.4. The van der Waals surface area contributed by atoms with E-state index in [9.17, 15) is 9.90 Å². The first-order chi connectivity index (χ1) is 14.7. The van der Waals surface area contributed by atoms with Crippen molar-refractivity contribution in [1.29, 1.82) is 0 Å².